The Morgan fingerprint density at radius 3 is 2.50 bits per heavy atom. The second-order valence-corrected chi connectivity index (χ2v) is 3.88. The molecule has 16 heavy (non-hydrogen) atoms. The zero-order valence-corrected chi connectivity index (χ0v) is 10.5. The highest BCUT2D eigenvalue weighted by molar-refractivity contribution is 6.17. The normalized spacial score (nSPS) is 10.1. The average Bonchev–Trinajstić information content (AvgIpc) is 2.30. The summed E-state index contributed by atoms with van der Waals surface area (Å²) in [6, 6.07) is 7.75. The van der Waals surface area contributed by atoms with Crippen LogP contribution in [0.2, 0.25) is 0 Å². The molecule has 0 amide bonds. The molecule has 0 unspecified atom stereocenters. The molecule has 0 saturated heterocycles. The molecule has 0 N–H and O–H groups in total. The Morgan fingerprint density at radius 1 is 1.06 bits per heavy atom. The van der Waals surface area contributed by atoms with E-state index in [0.717, 1.165) is 43.2 Å². The highest BCUT2D eigenvalue weighted by Gasteiger charge is 1.97. The molecule has 2 nitrogen and oxygen atoms in total. The summed E-state index contributed by atoms with van der Waals surface area (Å²) in [7, 11) is 0. The van der Waals surface area contributed by atoms with Crippen LogP contribution in [-0.4, -0.2) is 19.1 Å². The first-order chi connectivity index (χ1) is 7.86. The summed E-state index contributed by atoms with van der Waals surface area (Å²) in [6.45, 7) is 3.39. The van der Waals surface area contributed by atoms with E-state index in [4.69, 9.17) is 21.1 Å². The summed E-state index contributed by atoms with van der Waals surface area (Å²) in [6.07, 6.45) is 3.23. The van der Waals surface area contributed by atoms with Gasteiger partial charge in [-0.2, -0.15) is 0 Å². The van der Waals surface area contributed by atoms with Crippen LogP contribution in [0.3, 0.4) is 0 Å². The lowest BCUT2D eigenvalue weighted by atomic mass is 10.2. The second-order valence-electron chi connectivity index (χ2n) is 3.51. The maximum atomic E-state index is 5.62. The highest BCUT2D eigenvalue weighted by Crippen LogP contribution is 2.19. The molecule has 0 bridgehead atoms. The molecule has 0 aromatic heterocycles. The van der Waals surface area contributed by atoms with Gasteiger partial charge in [0.1, 0.15) is 11.5 Å². The van der Waals surface area contributed by atoms with Crippen LogP contribution in [0, 0.1) is 0 Å². The van der Waals surface area contributed by atoms with E-state index in [0.29, 0.717) is 6.61 Å². The zero-order chi connectivity index (χ0) is 11.6. The van der Waals surface area contributed by atoms with Gasteiger partial charge in [-0.05, 0) is 38.3 Å². The van der Waals surface area contributed by atoms with Gasteiger partial charge >= 0.3 is 0 Å². The summed E-state index contributed by atoms with van der Waals surface area (Å²) < 4.78 is 11.0. The number of hydrogen-bond donors (Lipinski definition) is 0. The molecule has 0 atom stereocenters. The number of alkyl halides is 1. The summed E-state index contributed by atoms with van der Waals surface area (Å²) in [5.74, 6) is 2.47. The smallest absolute Gasteiger partial charge is 0.122 e. The minimum atomic E-state index is 0.680. The molecule has 0 heterocycles. The highest BCUT2D eigenvalue weighted by atomic mass is 35.5. The van der Waals surface area contributed by atoms with Gasteiger partial charge in [-0.25, -0.2) is 0 Å². The van der Waals surface area contributed by atoms with Crippen molar-refractivity contribution in [3.63, 3.8) is 0 Å². The standard InChI is InChI=1S/C13H19ClO2/c1-2-15-12-7-6-8-13(11-12)16-10-5-3-4-9-14/h6-8,11H,2-5,9-10H2,1H3. The van der Waals surface area contributed by atoms with Crippen LogP contribution < -0.4 is 9.47 Å². The van der Waals surface area contributed by atoms with Gasteiger partial charge < -0.3 is 9.47 Å². The van der Waals surface area contributed by atoms with E-state index in [1.807, 2.05) is 31.2 Å². The van der Waals surface area contributed by atoms with Crippen molar-refractivity contribution in [2.24, 2.45) is 0 Å². The molecule has 0 aliphatic heterocycles. The first kappa shape index (κ1) is 13.2. The van der Waals surface area contributed by atoms with Gasteiger partial charge in [0.15, 0.2) is 0 Å². The maximum absolute atomic E-state index is 5.62. The second kappa shape index (κ2) is 8.28. The molecule has 90 valence electrons. The minimum absolute atomic E-state index is 0.680. The fourth-order valence-electron chi connectivity index (χ4n) is 1.38. The van der Waals surface area contributed by atoms with Gasteiger partial charge in [0.25, 0.3) is 0 Å². The van der Waals surface area contributed by atoms with Gasteiger partial charge in [-0.1, -0.05) is 6.07 Å². The number of rotatable bonds is 8. The van der Waals surface area contributed by atoms with Crippen LogP contribution in [-0.2, 0) is 0 Å². The molecule has 0 saturated carbocycles. The van der Waals surface area contributed by atoms with E-state index < -0.39 is 0 Å². The van der Waals surface area contributed by atoms with E-state index in [1.54, 1.807) is 0 Å². The van der Waals surface area contributed by atoms with Crippen LogP contribution in [0.5, 0.6) is 11.5 Å². The maximum Gasteiger partial charge on any atom is 0.122 e. The van der Waals surface area contributed by atoms with Gasteiger partial charge in [0.2, 0.25) is 0 Å². The third kappa shape index (κ3) is 5.26. The SMILES string of the molecule is CCOc1cccc(OCCCCCCl)c1. The van der Waals surface area contributed by atoms with Crippen molar-refractivity contribution in [3.8, 4) is 11.5 Å². The Balaban J connectivity index is 2.27. The van der Waals surface area contributed by atoms with Crippen molar-refractivity contribution < 1.29 is 9.47 Å². The van der Waals surface area contributed by atoms with E-state index in [-0.39, 0.29) is 0 Å². The molecule has 0 spiro atoms. The van der Waals surface area contributed by atoms with E-state index in [2.05, 4.69) is 0 Å². The Morgan fingerprint density at radius 2 is 1.81 bits per heavy atom. The lowest BCUT2D eigenvalue weighted by molar-refractivity contribution is 0.300. The van der Waals surface area contributed by atoms with Crippen molar-refractivity contribution in [1.29, 1.82) is 0 Å². The quantitative estimate of drug-likeness (QED) is 0.509. The lowest BCUT2D eigenvalue weighted by Gasteiger charge is -2.08. The Labute approximate surface area is 103 Å². The summed E-state index contributed by atoms with van der Waals surface area (Å²) in [5, 5.41) is 0. The molecule has 1 rings (SSSR count). The van der Waals surface area contributed by atoms with Crippen LogP contribution in [0.15, 0.2) is 24.3 Å². The predicted octanol–water partition coefficient (Wildman–Crippen LogP) is 3.87. The molecular weight excluding hydrogens is 224 g/mol. The third-order valence-corrected chi connectivity index (χ3v) is 2.43. The van der Waals surface area contributed by atoms with Crippen molar-refractivity contribution in [2.75, 3.05) is 19.1 Å². The Kier molecular flexibility index (Phi) is 6.82. The van der Waals surface area contributed by atoms with Crippen LogP contribution >= 0.6 is 11.6 Å². The van der Waals surface area contributed by atoms with E-state index in [9.17, 15) is 0 Å². The van der Waals surface area contributed by atoms with Crippen molar-refractivity contribution >= 4 is 11.6 Å². The molecule has 1 aromatic carbocycles. The number of ether oxygens (including phenoxy) is 2. The number of benzene rings is 1. The zero-order valence-electron chi connectivity index (χ0n) is 9.75. The Bertz CT molecular complexity index is 289. The summed E-state index contributed by atoms with van der Waals surface area (Å²) in [4.78, 5) is 0. The number of halogens is 1. The minimum Gasteiger partial charge on any atom is -0.494 e. The lowest BCUT2D eigenvalue weighted by Crippen LogP contribution is -1.98. The molecular formula is C13H19ClO2. The molecule has 0 fully saturated rings. The molecule has 0 aliphatic carbocycles. The molecule has 3 heteroatoms. The van der Waals surface area contributed by atoms with Crippen LogP contribution in [0.1, 0.15) is 26.2 Å². The Hall–Kier alpha value is -0.890. The first-order valence-electron chi connectivity index (χ1n) is 5.78. The monoisotopic (exact) mass is 242 g/mol. The van der Waals surface area contributed by atoms with E-state index in [1.165, 1.54) is 0 Å². The van der Waals surface area contributed by atoms with Crippen LogP contribution in [0.4, 0.5) is 0 Å². The third-order valence-electron chi connectivity index (χ3n) is 2.16. The average molecular weight is 243 g/mol. The molecule has 0 aliphatic rings. The summed E-state index contributed by atoms with van der Waals surface area (Å²) in [5.41, 5.74) is 0. The van der Waals surface area contributed by atoms with E-state index >= 15 is 0 Å². The summed E-state index contributed by atoms with van der Waals surface area (Å²) >= 11 is 5.60. The molecule has 0 radical (unpaired) electrons. The largest absolute Gasteiger partial charge is 0.494 e. The predicted molar refractivity (Wildman–Crippen MR) is 67.7 cm³/mol. The topological polar surface area (TPSA) is 18.5 Å². The van der Waals surface area contributed by atoms with Gasteiger partial charge in [0.05, 0.1) is 13.2 Å². The fourth-order valence-corrected chi connectivity index (χ4v) is 1.57. The first-order valence-corrected chi connectivity index (χ1v) is 6.32. The fraction of sp³-hybridized carbons (Fsp3) is 0.538. The number of unbranched alkanes of at least 4 members (excludes halogenated alkanes) is 2. The van der Waals surface area contributed by atoms with Gasteiger partial charge in [0, 0.05) is 11.9 Å². The van der Waals surface area contributed by atoms with Crippen LogP contribution in [0.25, 0.3) is 0 Å². The van der Waals surface area contributed by atoms with Gasteiger partial charge in [-0.3, -0.25) is 0 Å². The van der Waals surface area contributed by atoms with Gasteiger partial charge in [-0.15, -0.1) is 11.6 Å². The van der Waals surface area contributed by atoms with Crippen molar-refractivity contribution in [1.82, 2.24) is 0 Å². The molecule has 1 aromatic rings. The van der Waals surface area contributed by atoms with Crippen molar-refractivity contribution in [2.45, 2.75) is 26.2 Å². The number of hydrogen-bond acceptors (Lipinski definition) is 2. The van der Waals surface area contributed by atoms with Crippen molar-refractivity contribution in [3.05, 3.63) is 24.3 Å².